The van der Waals surface area contributed by atoms with E-state index in [0.717, 1.165) is 22.8 Å². The van der Waals surface area contributed by atoms with Crippen LogP contribution in [0, 0.1) is 30.9 Å². The average molecular weight is 260 g/mol. The summed E-state index contributed by atoms with van der Waals surface area (Å²) in [4.78, 5) is 10.5. The number of nitrogens with one attached hydrogen (secondary N) is 1. The number of nitro groups is 1. The Kier molecular flexibility index (Phi) is 3.55. The van der Waals surface area contributed by atoms with Gasteiger partial charge in [0.2, 0.25) is 0 Å². The van der Waals surface area contributed by atoms with Crippen molar-refractivity contribution in [3.63, 3.8) is 0 Å². The fraction of sp³-hybridized carbons (Fsp3) is 0.286. The van der Waals surface area contributed by atoms with Gasteiger partial charge >= 0.3 is 0 Å². The van der Waals surface area contributed by atoms with E-state index in [1.807, 2.05) is 26.0 Å². The van der Waals surface area contributed by atoms with Crippen LogP contribution in [0.1, 0.15) is 22.6 Å². The lowest BCUT2D eigenvalue weighted by Crippen LogP contribution is -2.02. The fourth-order valence-corrected chi connectivity index (χ4v) is 1.95. The third kappa shape index (κ3) is 2.93. The minimum atomic E-state index is -0.359. The minimum Gasteiger partial charge on any atom is -0.465 e. The summed E-state index contributed by atoms with van der Waals surface area (Å²) < 4.78 is 5.47. The smallest absolute Gasteiger partial charge is 0.272 e. The van der Waals surface area contributed by atoms with Crippen molar-refractivity contribution in [2.75, 3.05) is 5.32 Å². The normalized spacial score (nSPS) is 10.5. The van der Waals surface area contributed by atoms with Crippen molar-refractivity contribution >= 4 is 11.4 Å². The summed E-state index contributed by atoms with van der Waals surface area (Å²) in [5, 5.41) is 14.1. The number of aryl methyl sites for hydroxylation is 3. The number of nitrogens with zero attached hydrogens (tertiary/aromatic N) is 1. The van der Waals surface area contributed by atoms with Crippen molar-refractivity contribution in [3.05, 3.63) is 57.0 Å². The SMILES string of the molecule is Cc1ccc(CNc2cc(C)c([N+](=O)[O-])cc2C)o1. The van der Waals surface area contributed by atoms with E-state index >= 15 is 0 Å². The molecule has 1 aromatic carbocycles. The Hall–Kier alpha value is -2.30. The van der Waals surface area contributed by atoms with E-state index in [0.29, 0.717) is 12.1 Å². The molecule has 0 bridgehead atoms. The van der Waals surface area contributed by atoms with Crippen molar-refractivity contribution in [1.29, 1.82) is 0 Å². The van der Waals surface area contributed by atoms with Crippen LogP contribution in [0.15, 0.2) is 28.7 Å². The Morgan fingerprint density at radius 1 is 1.21 bits per heavy atom. The lowest BCUT2D eigenvalue weighted by atomic mass is 10.1. The van der Waals surface area contributed by atoms with Crippen LogP contribution in [0.25, 0.3) is 0 Å². The summed E-state index contributed by atoms with van der Waals surface area (Å²) in [5.41, 5.74) is 2.53. The van der Waals surface area contributed by atoms with Crippen LogP contribution >= 0.6 is 0 Å². The highest BCUT2D eigenvalue weighted by Gasteiger charge is 2.13. The summed E-state index contributed by atoms with van der Waals surface area (Å²) in [5.74, 6) is 1.71. The number of furan rings is 1. The lowest BCUT2D eigenvalue weighted by Gasteiger charge is -2.09. The number of anilines is 1. The topological polar surface area (TPSA) is 68.3 Å². The molecule has 19 heavy (non-hydrogen) atoms. The Morgan fingerprint density at radius 3 is 2.53 bits per heavy atom. The summed E-state index contributed by atoms with van der Waals surface area (Å²) in [6.07, 6.45) is 0. The number of hydrogen-bond donors (Lipinski definition) is 1. The zero-order valence-electron chi connectivity index (χ0n) is 11.2. The molecule has 0 unspecified atom stereocenters. The van der Waals surface area contributed by atoms with Gasteiger partial charge in [-0.15, -0.1) is 0 Å². The van der Waals surface area contributed by atoms with Gasteiger partial charge in [0.15, 0.2) is 0 Å². The summed E-state index contributed by atoms with van der Waals surface area (Å²) >= 11 is 0. The van der Waals surface area contributed by atoms with Crippen LogP contribution in [-0.2, 0) is 6.54 Å². The Balaban J connectivity index is 2.17. The molecule has 0 aliphatic rings. The predicted octanol–water partition coefficient (Wildman–Crippen LogP) is 3.73. The van der Waals surface area contributed by atoms with Gasteiger partial charge in [0.25, 0.3) is 5.69 Å². The molecule has 0 atom stereocenters. The first kappa shape index (κ1) is 13.1. The first-order chi connectivity index (χ1) is 8.97. The zero-order valence-corrected chi connectivity index (χ0v) is 11.2. The predicted molar refractivity (Wildman–Crippen MR) is 73.3 cm³/mol. The molecule has 5 nitrogen and oxygen atoms in total. The van der Waals surface area contributed by atoms with Crippen LogP contribution in [0.2, 0.25) is 0 Å². The molecule has 0 aliphatic carbocycles. The van der Waals surface area contributed by atoms with Crippen molar-refractivity contribution in [3.8, 4) is 0 Å². The minimum absolute atomic E-state index is 0.150. The first-order valence-electron chi connectivity index (χ1n) is 6.02. The molecule has 0 saturated carbocycles. The summed E-state index contributed by atoms with van der Waals surface area (Å²) in [6.45, 7) is 6.04. The van der Waals surface area contributed by atoms with Crippen molar-refractivity contribution in [2.24, 2.45) is 0 Å². The van der Waals surface area contributed by atoms with Crippen molar-refractivity contribution in [2.45, 2.75) is 27.3 Å². The molecule has 100 valence electrons. The van der Waals surface area contributed by atoms with Crippen molar-refractivity contribution < 1.29 is 9.34 Å². The molecule has 1 heterocycles. The standard InChI is InChI=1S/C14H16N2O3/c1-9-7-14(16(17)18)10(2)6-13(9)15-8-12-5-4-11(3)19-12/h4-7,15H,8H2,1-3H3. The molecular weight excluding hydrogens is 244 g/mol. The maximum atomic E-state index is 10.8. The molecular formula is C14H16N2O3. The molecule has 0 radical (unpaired) electrons. The van der Waals surface area contributed by atoms with Gasteiger partial charge in [0.1, 0.15) is 11.5 Å². The highest BCUT2D eigenvalue weighted by Crippen LogP contribution is 2.26. The second-order valence-electron chi connectivity index (χ2n) is 4.58. The first-order valence-corrected chi connectivity index (χ1v) is 6.02. The van der Waals surface area contributed by atoms with E-state index in [1.54, 1.807) is 19.1 Å². The fourth-order valence-electron chi connectivity index (χ4n) is 1.95. The molecule has 5 heteroatoms. The molecule has 0 fully saturated rings. The van der Waals surface area contributed by atoms with E-state index in [1.165, 1.54) is 0 Å². The van der Waals surface area contributed by atoms with E-state index in [2.05, 4.69) is 5.32 Å². The largest absolute Gasteiger partial charge is 0.465 e. The number of nitro benzene ring substituents is 1. The van der Waals surface area contributed by atoms with Crippen LogP contribution < -0.4 is 5.32 Å². The van der Waals surface area contributed by atoms with Crippen LogP contribution in [0.3, 0.4) is 0 Å². The van der Waals surface area contributed by atoms with Gasteiger partial charge in [0.05, 0.1) is 11.5 Å². The molecule has 0 aliphatic heterocycles. The van der Waals surface area contributed by atoms with Crippen molar-refractivity contribution in [1.82, 2.24) is 0 Å². The van der Waals surface area contributed by atoms with Gasteiger partial charge in [-0.1, -0.05) is 0 Å². The van der Waals surface area contributed by atoms with Gasteiger partial charge < -0.3 is 9.73 Å². The van der Waals surface area contributed by atoms with Gasteiger partial charge in [-0.25, -0.2) is 0 Å². The summed E-state index contributed by atoms with van der Waals surface area (Å²) in [7, 11) is 0. The Morgan fingerprint density at radius 2 is 1.95 bits per heavy atom. The molecule has 1 N–H and O–H groups in total. The molecule has 0 saturated heterocycles. The highest BCUT2D eigenvalue weighted by atomic mass is 16.6. The molecule has 0 amide bonds. The summed E-state index contributed by atoms with van der Waals surface area (Å²) in [6, 6.07) is 7.20. The Bertz CT molecular complexity index is 617. The zero-order chi connectivity index (χ0) is 14.0. The quantitative estimate of drug-likeness (QED) is 0.671. The van der Waals surface area contributed by atoms with Crippen LogP contribution in [0.4, 0.5) is 11.4 Å². The van der Waals surface area contributed by atoms with E-state index in [9.17, 15) is 10.1 Å². The molecule has 2 aromatic rings. The van der Waals surface area contributed by atoms with Crippen LogP contribution in [-0.4, -0.2) is 4.92 Å². The second-order valence-corrected chi connectivity index (χ2v) is 4.58. The van der Waals surface area contributed by atoms with Gasteiger partial charge in [-0.3, -0.25) is 10.1 Å². The van der Waals surface area contributed by atoms with Gasteiger partial charge in [-0.2, -0.15) is 0 Å². The second kappa shape index (κ2) is 5.14. The number of hydrogen-bond acceptors (Lipinski definition) is 4. The Labute approximate surface area is 111 Å². The third-order valence-corrected chi connectivity index (χ3v) is 2.99. The average Bonchev–Trinajstić information content (AvgIpc) is 2.75. The van der Waals surface area contributed by atoms with E-state index < -0.39 is 0 Å². The molecule has 0 spiro atoms. The maximum Gasteiger partial charge on any atom is 0.272 e. The lowest BCUT2D eigenvalue weighted by molar-refractivity contribution is -0.385. The van der Waals surface area contributed by atoms with Crippen LogP contribution in [0.5, 0.6) is 0 Å². The number of rotatable bonds is 4. The van der Waals surface area contributed by atoms with Gasteiger partial charge in [-0.05, 0) is 44.5 Å². The van der Waals surface area contributed by atoms with E-state index in [4.69, 9.17) is 4.42 Å². The number of benzene rings is 1. The maximum absolute atomic E-state index is 10.8. The highest BCUT2D eigenvalue weighted by molar-refractivity contribution is 5.59. The van der Waals surface area contributed by atoms with E-state index in [-0.39, 0.29) is 10.6 Å². The van der Waals surface area contributed by atoms with Gasteiger partial charge in [0, 0.05) is 17.3 Å². The monoisotopic (exact) mass is 260 g/mol. The molecule has 2 rings (SSSR count). The third-order valence-electron chi connectivity index (χ3n) is 2.99. The molecule has 1 aromatic heterocycles.